The number of rotatable bonds is 5. The van der Waals surface area contributed by atoms with Gasteiger partial charge in [0.15, 0.2) is 6.04 Å². The van der Waals surface area contributed by atoms with E-state index in [1.807, 2.05) is 0 Å². The average molecular weight is 494 g/mol. The summed E-state index contributed by atoms with van der Waals surface area (Å²) in [6.45, 7) is 5.74. The number of carbonyl (C=O) groups is 2. The minimum absolute atomic E-state index is 0.198. The first kappa shape index (κ1) is 25.9. The van der Waals surface area contributed by atoms with Crippen molar-refractivity contribution in [3.8, 4) is 11.1 Å². The van der Waals surface area contributed by atoms with Crippen LogP contribution in [0.4, 0.5) is 13.6 Å². The summed E-state index contributed by atoms with van der Waals surface area (Å²) in [6, 6.07) is 10.5. The molecule has 1 aliphatic rings. The summed E-state index contributed by atoms with van der Waals surface area (Å²) in [5, 5.41) is 3.34. The first-order chi connectivity index (χ1) is 15.9. The van der Waals surface area contributed by atoms with Crippen LogP contribution < -0.4 is 11.1 Å². The third kappa shape index (κ3) is 6.45. The molecule has 1 fully saturated rings. The van der Waals surface area contributed by atoms with Crippen molar-refractivity contribution in [3.05, 3.63) is 59.1 Å². The van der Waals surface area contributed by atoms with E-state index < -0.39 is 29.6 Å². The Balaban J connectivity index is 1.59. The van der Waals surface area contributed by atoms with Gasteiger partial charge >= 0.3 is 6.09 Å². The second kappa shape index (κ2) is 10.3. The number of piperidine rings is 1. The molecule has 0 radical (unpaired) electrons. The van der Waals surface area contributed by atoms with Gasteiger partial charge in [-0.1, -0.05) is 48.0 Å². The lowest BCUT2D eigenvalue weighted by Crippen LogP contribution is -2.55. The van der Waals surface area contributed by atoms with Gasteiger partial charge in [-0.05, 0) is 56.9 Å². The molecule has 2 aromatic rings. The van der Waals surface area contributed by atoms with Crippen LogP contribution in [0.1, 0.15) is 39.2 Å². The van der Waals surface area contributed by atoms with Crippen LogP contribution in [0.3, 0.4) is 0 Å². The van der Waals surface area contributed by atoms with E-state index in [0.717, 1.165) is 11.1 Å². The monoisotopic (exact) mass is 493 g/mol. The highest BCUT2D eigenvalue weighted by Crippen LogP contribution is 2.34. The van der Waals surface area contributed by atoms with Gasteiger partial charge in [0.2, 0.25) is 5.91 Å². The number of hydrogen-bond acceptors (Lipinski definition) is 4. The zero-order chi connectivity index (χ0) is 25.1. The molecule has 184 valence electrons. The van der Waals surface area contributed by atoms with Gasteiger partial charge < -0.3 is 20.7 Å². The van der Waals surface area contributed by atoms with Gasteiger partial charge in [-0.25, -0.2) is 4.79 Å². The Bertz CT molecular complexity index is 1000. The molecule has 0 bridgehead atoms. The van der Waals surface area contributed by atoms with Crippen LogP contribution >= 0.6 is 11.6 Å². The number of hydrogen-bond donors (Lipinski definition) is 2. The summed E-state index contributed by atoms with van der Waals surface area (Å²) in [6.07, 6.45) is 0.320. The number of likely N-dealkylation sites (tertiary alicyclic amines) is 1. The van der Waals surface area contributed by atoms with Gasteiger partial charge in [0, 0.05) is 29.7 Å². The van der Waals surface area contributed by atoms with Gasteiger partial charge in [0.25, 0.3) is 5.92 Å². The van der Waals surface area contributed by atoms with E-state index in [-0.39, 0.29) is 24.7 Å². The predicted molar refractivity (Wildman–Crippen MR) is 128 cm³/mol. The lowest BCUT2D eigenvalue weighted by Gasteiger charge is -2.35. The van der Waals surface area contributed by atoms with Gasteiger partial charge in [-0.15, -0.1) is 0 Å². The molecule has 0 aliphatic carbocycles. The maximum Gasteiger partial charge on any atom is 0.407 e. The molecule has 1 atom stereocenters. The maximum atomic E-state index is 15.1. The van der Waals surface area contributed by atoms with Crippen molar-refractivity contribution in [2.24, 2.45) is 5.73 Å². The van der Waals surface area contributed by atoms with Crippen molar-refractivity contribution in [2.75, 3.05) is 13.1 Å². The molecule has 1 saturated heterocycles. The van der Waals surface area contributed by atoms with Gasteiger partial charge in [-0.2, -0.15) is 8.78 Å². The number of nitrogens with two attached hydrogens (primary N) is 1. The number of nitrogens with one attached hydrogen (secondary N) is 1. The van der Waals surface area contributed by atoms with Gasteiger partial charge in [0.05, 0.1) is 0 Å². The Kier molecular flexibility index (Phi) is 7.83. The van der Waals surface area contributed by atoms with E-state index in [2.05, 4.69) is 5.32 Å². The van der Waals surface area contributed by atoms with Crippen LogP contribution in [0.2, 0.25) is 5.02 Å². The minimum Gasteiger partial charge on any atom is -0.444 e. The number of benzene rings is 2. The Morgan fingerprint density at radius 2 is 1.53 bits per heavy atom. The average Bonchev–Trinajstić information content (AvgIpc) is 2.78. The van der Waals surface area contributed by atoms with Crippen LogP contribution in [0, 0.1) is 0 Å². The number of ether oxygens (including phenoxy) is 1. The second-order valence-corrected chi connectivity index (χ2v) is 9.87. The lowest BCUT2D eigenvalue weighted by atomic mass is 9.96. The smallest absolute Gasteiger partial charge is 0.407 e. The van der Waals surface area contributed by atoms with E-state index in [1.54, 1.807) is 57.2 Å². The van der Waals surface area contributed by atoms with Crippen LogP contribution in [0.5, 0.6) is 0 Å². The Labute approximate surface area is 203 Å². The summed E-state index contributed by atoms with van der Waals surface area (Å²) < 4.78 is 35.4. The molecule has 2 amide bonds. The molecular formula is C25H30ClF2N3O3. The molecule has 34 heavy (non-hydrogen) atoms. The molecule has 6 nitrogen and oxygen atoms in total. The Morgan fingerprint density at radius 1 is 1.03 bits per heavy atom. The van der Waals surface area contributed by atoms with Crippen LogP contribution in [0.25, 0.3) is 11.1 Å². The summed E-state index contributed by atoms with van der Waals surface area (Å²) in [5.41, 5.74) is 6.40. The number of alkyl halides is 2. The molecule has 3 N–H and O–H groups in total. The SMILES string of the molecule is CC(C)(C)OC(=O)NC1CCN(C(=O)C(N)C(F)(F)c2ccc(-c3ccc(Cl)cc3)cc2)CC1. The molecule has 1 aliphatic heterocycles. The van der Waals surface area contributed by atoms with E-state index in [9.17, 15) is 9.59 Å². The molecule has 3 rings (SSSR count). The molecular weight excluding hydrogens is 464 g/mol. The minimum atomic E-state index is -3.54. The summed E-state index contributed by atoms with van der Waals surface area (Å²) in [4.78, 5) is 26.0. The molecule has 1 unspecified atom stereocenters. The fourth-order valence-electron chi connectivity index (χ4n) is 3.78. The number of nitrogens with zero attached hydrogens (tertiary/aromatic N) is 1. The first-order valence-electron chi connectivity index (χ1n) is 11.1. The van der Waals surface area contributed by atoms with Crippen molar-refractivity contribution in [1.29, 1.82) is 0 Å². The van der Waals surface area contributed by atoms with E-state index in [4.69, 9.17) is 22.1 Å². The van der Waals surface area contributed by atoms with Gasteiger partial charge in [0.1, 0.15) is 5.60 Å². The largest absolute Gasteiger partial charge is 0.444 e. The number of carbonyl (C=O) groups excluding carboxylic acids is 2. The van der Waals surface area contributed by atoms with Crippen molar-refractivity contribution in [2.45, 2.75) is 57.2 Å². The van der Waals surface area contributed by atoms with E-state index in [1.165, 1.54) is 17.0 Å². The molecule has 1 heterocycles. The normalized spacial score (nSPS) is 16.1. The topological polar surface area (TPSA) is 84.7 Å². The zero-order valence-electron chi connectivity index (χ0n) is 19.5. The van der Waals surface area contributed by atoms with E-state index in [0.29, 0.717) is 17.9 Å². The maximum absolute atomic E-state index is 15.1. The van der Waals surface area contributed by atoms with Crippen LogP contribution in [0.15, 0.2) is 48.5 Å². The first-order valence-corrected chi connectivity index (χ1v) is 11.5. The summed E-state index contributed by atoms with van der Waals surface area (Å²) in [7, 11) is 0. The number of amides is 2. The summed E-state index contributed by atoms with van der Waals surface area (Å²) >= 11 is 5.89. The third-order valence-corrected chi connectivity index (χ3v) is 5.88. The van der Waals surface area contributed by atoms with E-state index >= 15 is 8.78 Å². The van der Waals surface area contributed by atoms with Crippen LogP contribution in [-0.2, 0) is 15.5 Å². The highest BCUT2D eigenvalue weighted by molar-refractivity contribution is 6.30. The molecule has 9 heteroatoms. The predicted octanol–water partition coefficient (Wildman–Crippen LogP) is 4.94. The molecule has 0 aromatic heterocycles. The summed E-state index contributed by atoms with van der Waals surface area (Å²) in [5.74, 6) is -4.36. The number of alkyl carbamates (subject to hydrolysis) is 1. The molecule has 0 saturated carbocycles. The highest BCUT2D eigenvalue weighted by Gasteiger charge is 2.45. The standard InChI is InChI=1S/C25H30ClF2N3O3/c1-24(2,3)34-23(33)30-20-12-14-31(15-13-20)22(32)21(29)25(27,28)18-8-4-16(5-9-18)17-6-10-19(26)11-7-17/h4-11,20-21H,12-15,29H2,1-3H3,(H,30,33). The van der Waals surface area contributed by atoms with Gasteiger partial charge in [-0.3, -0.25) is 4.79 Å². The quantitative estimate of drug-likeness (QED) is 0.617. The third-order valence-electron chi connectivity index (χ3n) is 5.63. The number of halogens is 3. The fraction of sp³-hybridized carbons (Fsp3) is 0.440. The highest BCUT2D eigenvalue weighted by atomic mass is 35.5. The Morgan fingerprint density at radius 3 is 2.03 bits per heavy atom. The zero-order valence-corrected chi connectivity index (χ0v) is 20.2. The van der Waals surface area contributed by atoms with Crippen LogP contribution in [-0.4, -0.2) is 47.7 Å². The van der Waals surface area contributed by atoms with Crippen molar-refractivity contribution < 1.29 is 23.1 Å². The van der Waals surface area contributed by atoms with Crippen molar-refractivity contribution in [3.63, 3.8) is 0 Å². The fourth-order valence-corrected chi connectivity index (χ4v) is 3.90. The van der Waals surface area contributed by atoms with Crippen molar-refractivity contribution in [1.82, 2.24) is 10.2 Å². The molecule has 0 spiro atoms. The lowest BCUT2D eigenvalue weighted by molar-refractivity contribution is -0.144. The molecule has 2 aromatic carbocycles. The van der Waals surface area contributed by atoms with Crippen molar-refractivity contribution >= 4 is 23.6 Å². The second-order valence-electron chi connectivity index (χ2n) is 9.43. The Hall–Kier alpha value is -2.71.